The van der Waals surface area contributed by atoms with Gasteiger partial charge in [0.2, 0.25) is 0 Å². The van der Waals surface area contributed by atoms with E-state index in [-0.39, 0.29) is 56.3 Å². The molecule has 0 heterocycles. The van der Waals surface area contributed by atoms with E-state index in [4.69, 9.17) is 29.4 Å². The molecule has 0 aliphatic heterocycles. The molecule has 2 N–H and O–H groups in total. The van der Waals surface area contributed by atoms with Gasteiger partial charge in [0, 0.05) is 25.7 Å². The highest BCUT2D eigenvalue weighted by molar-refractivity contribution is 5.81. The molecule has 0 radical (unpaired) electrons. The lowest BCUT2D eigenvalue weighted by atomic mass is 9.88. The van der Waals surface area contributed by atoms with Crippen LogP contribution in [0.3, 0.4) is 0 Å². The van der Waals surface area contributed by atoms with Gasteiger partial charge in [0.25, 0.3) is 0 Å². The first kappa shape index (κ1) is 29.9. The van der Waals surface area contributed by atoms with Crippen molar-refractivity contribution < 1.29 is 42.9 Å². The summed E-state index contributed by atoms with van der Waals surface area (Å²) in [5.41, 5.74) is 5.33. The molecule has 35 heavy (non-hydrogen) atoms. The van der Waals surface area contributed by atoms with Gasteiger partial charge >= 0.3 is 24.1 Å². The zero-order chi connectivity index (χ0) is 26.4. The van der Waals surface area contributed by atoms with Crippen LogP contribution in [0.1, 0.15) is 65.4 Å². The van der Waals surface area contributed by atoms with Gasteiger partial charge in [-0.25, -0.2) is 4.79 Å². The predicted molar refractivity (Wildman–Crippen MR) is 127 cm³/mol. The Morgan fingerprint density at radius 2 is 1.54 bits per heavy atom. The summed E-state index contributed by atoms with van der Waals surface area (Å²) in [5.74, 6) is -1.37. The van der Waals surface area contributed by atoms with E-state index < -0.39 is 29.6 Å². The summed E-state index contributed by atoms with van der Waals surface area (Å²) in [4.78, 5) is 48.3. The molecule has 0 amide bonds. The van der Waals surface area contributed by atoms with E-state index in [9.17, 15) is 19.2 Å². The lowest BCUT2D eigenvalue weighted by Gasteiger charge is -2.26. The summed E-state index contributed by atoms with van der Waals surface area (Å²) in [7, 11) is 1.20. The zero-order valence-electron chi connectivity index (χ0n) is 21.2. The summed E-state index contributed by atoms with van der Waals surface area (Å²) in [6.07, 6.45) is 0.647. The maximum absolute atomic E-state index is 12.5. The number of benzene rings is 1. The van der Waals surface area contributed by atoms with E-state index >= 15 is 0 Å². The number of rotatable bonds is 14. The highest BCUT2D eigenvalue weighted by Crippen LogP contribution is 2.31. The third kappa shape index (κ3) is 10.8. The van der Waals surface area contributed by atoms with Crippen LogP contribution in [-0.2, 0) is 35.0 Å². The Balaban J connectivity index is 3.06. The molecule has 1 atom stereocenters. The van der Waals surface area contributed by atoms with E-state index in [1.54, 1.807) is 6.07 Å². The number of carbonyl (C=O) groups is 4. The maximum Gasteiger partial charge on any atom is 0.508 e. The fourth-order valence-corrected chi connectivity index (χ4v) is 3.01. The minimum absolute atomic E-state index is 0.0222. The van der Waals surface area contributed by atoms with Crippen LogP contribution in [0.5, 0.6) is 11.5 Å². The van der Waals surface area contributed by atoms with Crippen LogP contribution in [0.4, 0.5) is 4.79 Å². The van der Waals surface area contributed by atoms with Gasteiger partial charge in [-0.3, -0.25) is 14.4 Å². The van der Waals surface area contributed by atoms with Gasteiger partial charge in [-0.15, -0.1) is 0 Å². The Kier molecular flexibility index (Phi) is 12.8. The number of hydrogen-bond acceptors (Lipinski definition) is 10. The summed E-state index contributed by atoms with van der Waals surface area (Å²) >= 11 is 0. The van der Waals surface area contributed by atoms with E-state index in [1.807, 2.05) is 27.7 Å². The SMILES string of the molecule is CCCC(=O)Oc1ccc(C[C@](N)(CCOC(=O)OCC(C)C)C(=O)OC)cc1OC(=O)CCC. The van der Waals surface area contributed by atoms with Gasteiger partial charge in [-0.1, -0.05) is 33.8 Å². The molecule has 0 aliphatic carbocycles. The molecule has 1 aromatic carbocycles. The second kappa shape index (κ2) is 15.0. The van der Waals surface area contributed by atoms with E-state index in [1.165, 1.54) is 19.2 Å². The van der Waals surface area contributed by atoms with Crippen LogP contribution in [0.2, 0.25) is 0 Å². The molecule has 196 valence electrons. The monoisotopic (exact) mass is 495 g/mol. The quantitative estimate of drug-likeness (QED) is 0.300. The topological polar surface area (TPSA) is 140 Å². The summed E-state index contributed by atoms with van der Waals surface area (Å²) in [6, 6.07) is 4.58. The second-order valence-electron chi connectivity index (χ2n) is 8.61. The maximum atomic E-state index is 12.5. The van der Waals surface area contributed by atoms with Crippen molar-refractivity contribution in [2.24, 2.45) is 11.7 Å². The summed E-state index contributed by atoms with van der Waals surface area (Å²) < 4.78 is 25.6. The molecule has 0 saturated carbocycles. The first-order valence-electron chi connectivity index (χ1n) is 11.8. The van der Waals surface area contributed by atoms with Crippen LogP contribution < -0.4 is 15.2 Å². The number of hydrogen-bond donors (Lipinski definition) is 1. The van der Waals surface area contributed by atoms with Crippen LogP contribution in [0.15, 0.2) is 18.2 Å². The van der Waals surface area contributed by atoms with Crippen molar-refractivity contribution in [3.8, 4) is 11.5 Å². The van der Waals surface area contributed by atoms with Crippen LogP contribution in [0.25, 0.3) is 0 Å². The van der Waals surface area contributed by atoms with E-state index in [0.29, 0.717) is 18.4 Å². The van der Waals surface area contributed by atoms with Gasteiger partial charge in [0.1, 0.15) is 5.54 Å². The number of methoxy groups -OCH3 is 1. The molecule has 10 heteroatoms. The molecule has 0 unspecified atom stereocenters. The Labute approximate surface area is 206 Å². The summed E-state index contributed by atoms with van der Waals surface area (Å²) in [6.45, 7) is 7.48. The Morgan fingerprint density at radius 3 is 2.09 bits per heavy atom. The smallest absolute Gasteiger partial charge is 0.468 e. The molecular formula is C25H37NO9. The van der Waals surface area contributed by atoms with E-state index in [0.717, 1.165) is 0 Å². The molecular weight excluding hydrogens is 458 g/mol. The highest BCUT2D eigenvalue weighted by Gasteiger charge is 2.36. The first-order chi connectivity index (χ1) is 16.5. The molecule has 1 aromatic rings. The average Bonchev–Trinajstić information content (AvgIpc) is 2.79. The number of ether oxygens (including phenoxy) is 5. The summed E-state index contributed by atoms with van der Waals surface area (Å²) in [5, 5.41) is 0. The van der Waals surface area contributed by atoms with Crippen LogP contribution in [0, 0.1) is 5.92 Å². The normalized spacial score (nSPS) is 12.4. The van der Waals surface area contributed by atoms with Gasteiger partial charge in [-0.2, -0.15) is 0 Å². The zero-order valence-corrected chi connectivity index (χ0v) is 21.2. The van der Waals surface area contributed by atoms with Crippen molar-refractivity contribution in [3.05, 3.63) is 23.8 Å². The largest absolute Gasteiger partial charge is 0.508 e. The Bertz CT molecular complexity index is 868. The second-order valence-corrected chi connectivity index (χ2v) is 8.61. The third-order valence-electron chi connectivity index (χ3n) is 4.78. The van der Waals surface area contributed by atoms with Gasteiger partial charge < -0.3 is 29.4 Å². The van der Waals surface area contributed by atoms with Crippen molar-refractivity contribution in [1.82, 2.24) is 0 Å². The minimum atomic E-state index is -1.54. The van der Waals surface area contributed by atoms with E-state index in [2.05, 4.69) is 0 Å². The molecule has 1 rings (SSSR count). The highest BCUT2D eigenvalue weighted by atomic mass is 16.7. The molecule has 0 aromatic heterocycles. The van der Waals surface area contributed by atoms with Gasteiger partial charge in [0.15, 0.2) is 11.5 Å². The van der Waals surface area contributed by atoms with Crippen molar-refractivity contribution in [2.75, 3.05) is 20.3 Å². The predicted octanol–water partition coefficient (Wildman–Crippen LogP) is 3.71. The van der Waals surface area contributed by atoms with Gasteiger partial charge in [0.05, 0.1) is 20.3 Å². The van der Waals surface area contributed by atoms with Gasteiger partial charge in [-0.05, 0) is 36.5 Å². The molecule has 0 saturated heterocycles. The molecule has 0 aliphatic rings. The lowest BCUT2D eigenvalue weighted by Crippen LogP contribution is -2.51. The Morgan fingerprint density at radius 1 is 0.943 bits per heavy atom. The fourth-order valence-electron chi connectivity index (χ4n) is 3.01. The minimum Gasteiger partial charge on any atom is -0.468 e. The Hall–Kier alpha value is -3.14. The molecule has 10 nitrogen and oxygen atoms in total. The average molecular weight is 496 g/mol. The standard InChI is InChI=1S/C25H37NO9/c1-6-8-21(27)34-19-11-10-18(14-20(19)35-22(28)9-7-2)15-25(26,23(29)31-5)12-13-32-24(30)33-16-17(3)4/h10-11,14,17H,6-9,12-13,15-16,26H2,1-5H3/t25-/m1/s1. The molecule has 0 fully saturated rings. The first-order valence-corrected chi connectivity index (χ1v) is 11.8. The number of nitrogens with two attached hydrogens (primary N) is 1. The molecule has 0 spiro atoms. The third-order valence-corrected chi connectivity index (χ3v) is 4.78. The van der Waals surface area contributed by atoms with Crippen molar-refractivity contribution in [3.63, 3.8) is 0 Å². The van der Waals surface area contributed by atoms with Crippen molar-refractivity contribution >= 4 is 24.1 Å². The number of esters is 3. The number of carbonyl (C=O) groups excluding carboxylic acids is 4. The van der Waals surface area contributed by atoms with Crippen LogP contribution >= 0.6 is 0 Å². The van der Waals surface area contributed by atoms with Crippen molar-refractivity contribution in [2.45, 2.75) is 71.8 Å². The lowest BCUT2D eigenvalue weighted by molar-refractivity contribution is -0.147. The fraction of sp³-hybridized carbons (Fsp3) is 0.600. The van der Waals surface area contributed by atoms with Crippen molar-refractivity contribution in [1.29, 1.82) is 0 Å². The molecule has 0 bridgehead atoms. The van der Waals surface area contributed by atoms with Crippen LogP contribution in [-0.4, -0.2) is 49.9 Å².